The molecular weight excluding hydrogens is 290 g/mol. The average molecular weight is 313 g/mol. The van der Waals surface area contributed by atoms with Crippen molar-refractivity contribution >= 4 is 23.4 Å². The molecule has 116 valence electrons. The fourth-order valence-electron chi connectivity index (χ4n) is 2.07. The van der Waals surface area contributed by atoms with Gasteiger partial charge in [0.1, 0.15) is 0 Å². The van der Waals surface area contributed by atoms with Crippen molar-refractivity contribution in [1.29, 1.82) is 0 Å². The highest BCUT2D eigenvalue weighted by Crippen LogP contribution is 2.25. The third-order valence-electron chi connectivity index (χ3n) is 3.55. The molecule has 0 aliphatic rings. The van der Waals surface area contributed by atoms with Gasteiger partial charge in [-0.3, -0.25) is 4.79 Å². The van der Waals surface area contributed by atoms with Gasteiger partial charge in [0.05, 0.1) is 5.25 Å². The van der Waals surface area contributed by atoms with Crippen molar-refractivity contribution in [2.45, 2.75) is 43.8 Å². The van der Waals surface area contributed by atoms with E-state index >= 15 is 0 Å². The Hall–Kier alpha value is -1.74. The van der Waals surface area contributed by atoms with Crippen LogP contribution in [0.25, 0.3) is 0 Å². The van der Waals surface area contributed by atoms with Crippen LogP contribution >= 0.6 is 11.8 Å². The van der Waals surface area contributed by atoms with E-state index in [1.54, 1.807) is 11.8 Å². The summed E-state index contributed by atoms with van der Waals surface area (Å²) in [5.74, 6) is 0.531. The molecule has 0 unspecified atom stereocenters. The van der Waals surface area contributed by atoms with E-state index in [1.165, 1.54) is 11.1 Å². The Bertz CT molecular complexity index is 617. The normalized spacial score (nSPS) is 12.2. The molecule has 2 aromatic carbocycles. The van der Waals surface area contributed by atoms with E-state index < -0.39 is 0 Å². The molecule has 1 atom stereocenters. The summed E-state index contributed by atoms with van der Waals surface area (Å²) in [7, 11) is 0. The van der Waals surface area contributed by atoms with Crippen LogP contribution in [0.4, 0.5) is 5.69 Å². The van der Waals surface area contributed by atoms with E-state index in [0.29, 0.717) is 5.92 Å². The summed E-state index contributed by atoms with van der Waals surface area (Å²) in [4.78, 5) is 13.4. The molecule has 0 fully saturated rings. The molecule has 0 radical (unpaired) electrons. The van der Waals surface area contributed by atoms with Gasteiger partial charge in [-0.25, -0.2) is 0 Å². The standard InChI is InChI=1S/C19H23NOS/c1-13(2)16-7-9-17(10-8-16)20-19(21)15(4)22-18-11-5-14(3)6-12-18/h5-13,15H,1-4H3,(H,20,21)/t15-/m0/s1. The molecule has 0 aromatic heterocycles. The highest BCUT2D eigenvalue weighted by Gasteiger charge is 2.14. The Balaban J connectivity index is 1.94. The second-order valence-corrected chi connectivity index (χ2v) is 7.25. The molecule has 22 heavy (non-hydrogen) atoms. The van der Waals surface area contributed by atoms with Gasteiger partial charge in [0.15, 0.2) is 0 Å². The number of amides is 1. The summed E-state index contributed by atoms with van der Waals surface area (Å²) in [5, 5.41) is 2.85. The highest BCUT2D eigenvalue weighted by atomic mass is 32.2. The first-order valence-corrected chi connectivity index (χ1v) is 8.48. The van der Waals surface area contributed by atoms with Crippen molar-refractivity contribution in [1.82, 2.24) is 0 Å². The smallest absolute Gasteiger partial charge is 0.237 e. The molecule has 0 saturated carbocycles. The summed E-state index contributed by atoms with van der Waals surface area (Å²) in [6.07, 6.45) is 0. The van der Waals surface area contributed by atoms with Crippen LogP contribution in [0.5, 0.6) is 0 Å². The Morgan fingerprint density at radius 3 is 2.09 bits per heavy atom. The van der Waals surface area contributed by atoms with Crippen molar-refractivity contribution in [3.05, 3.63) is 59.7 Å². The first-order chi connectivity index (χ1) is 10.5. The fraction of sp³-hybridized carbons (Fsp3) is 0.316. The topological polar surface area (TPSA) is 29.1 Å². The van der Waals surface area contributed by atoms with Gasteiger partial charge < -0.3 is 5.32 Å². The molecule has 3 heteroatoms. The quantitative estimate of drug-likeness (QED) is 0.765. The Kier molecular flexibility index (Phi) is 5.67. The number of hydrogen-bond donors (Lipinski definition) is 1. The number of carbonyl (C=O) groups excluding carboxylic acids is 1. The summed E-state index contributed by atoms with van der Waals surface area (Å²) in [6, 6.07) is 16.3. The van der Waals surface area contributed by atoms with Crippen LogP contribution in [0.1, 0.15) is 37.8 Å². The van der Waals surface area contributed by atoms with Crippen molar-refractivity contribution in [3.63, 3.8) is 0 Å². The first kappa shape index (κ1) is 16.6. The number of hydrogen-bond acceptors (Lipinski definition) is 2. The van der Waals surface area contributed by atoms with Gasteiger partial charge in [-0.15, -0.1) is 11.8 Å². The lowest BCUT2D eigenvalue weighted by atomic mass is 10.0. The van der Waals surface area contributed by atoms with Crippen LogP contribution in [0.3, 0.4) is 0 Å². The number of thioether (sulfide) groups is 1. The van der Waals surface area contributed by atoms with E-state index in [-0.39, 0.29) is 11.2 Å². The Morgan fingerprint density at radius 2 is 1.55 bits per heavy atom. The van der Waals surface area contributed by atoms with Crippen molar-refractivity contribution < 1.29 is 4.79 Å². The lowest BCUT2D eigenvalue weighted by Gasteiger charge is -2.13. The number of carbonyl (C=O) groups is 1. The summed E-state index contributed by atoms with van der Waals surface area (Å²) < 4.78 is 0. The molecular formula is C19H23NOS. The third kappa shape index (κ3) is 4.63. The predicted molar refractivity (Wildman–Crippen MR) is 95.7 cm³/mol. The molecule has 0 saturated heterocycles. The zero-order valence-electron chi connectivity index (χ0n) is 13.6. The molecule has 2 rings (SSSR count). The molecule has 1 N–H and O–H groups in total. The monoisotopic (exact) mass is 313 g/mol. The third-order valence-corrected chi connectivity index (χ3v) is 4.66. The number of anilines is 1. The minimum atomic E-state index is -0.132. The molecule has 2 aromatic rings. The van der Waals surface area contributed by atoms with Crippen molar-refractivity contribution in [2.75, 3.05) is 5.32 Å². The summed E-state index contributed by atoms with van der Waals surface area (Å²) in [5.41, 5.74) is 3.36. The fourth-order valence-corrected chi connectivity index (χ4v) is 2.94. The number of rotatable bonds is 5. The molecule has 1 amide bonds. The van der Waals surface area contributed by atoms with Crippen LogP contribution in [0, 0.1) is 6.92 Å². The van der Waals surface area contributed by atoms with Gasteiger partial charge in [-0.05, 0) is 49.6 Å². The van der Waals surface area contributed by atoms with Gasteiger partial charge in [0.2, 0.25) is 5.91 Å². The molecule has 0 spiro atoms. The van der Waals surface area contributed by atoms with E-state index in [2.05, 4.69) is 62.5 Å². The highest BCUT2D eigenvalue weighted by molar-refractivity contribution is 8.00. The maximum Gasteiger partial charge on any atom is 0.237 e. The molecule has 0 bridgehead atoms. The SMILES string of the molecule is Cc1ccc(S[C@@H](C)C(=O)Nc2ccc(C(C)C)cc2)cc1. The van der Waals surface area contributed by atoms with Crippen LogP contribution in [-0.4, -0.2) is 11.2 Å². The number of nitrogens with one attached hydrogen (secondary N) is 1. The van der Waals surface area contributed by atoms with Crippen LogP contribution in [0.2, 0.25) is 0 Å². The number of aryl methyl sites for hydroxylation is 1. The summed E-state index contributed by atoms with van der Waals surface area (Å²) in [6.45, 7) is 8.31. The number of benzene rings is 2. The predicted octanol–water partition coefficient (Wildman–Crippen LogP) is 5.24. The maximum atomic E-state index is 12.3. The maximum absolute atomic E-state index is 12.3. The molecule has 0 aliphatic heterocycles. The Labute approximate surface area is 137 Å². The van der Waals surface area contributed by atoms with Gasteiger partial charge in [0.25, 0.3) is 0 Å². The minimum absolute atomic E-state index is 0.0304. The van der Waals surface area contributed by atoms with E-state index in [0.717, 1.165) is 10.6 Å². The van der Waals surface area contributed by atoms with E-state index in [1.807, 2.05) is 19.1 Å². The van der Waals surface area contributed by atoms with Gasteiger partial charge in [-0.1, -0.05) is 43.7 Å². The lowest BCUT2D eigenvalue weighted by Crippen LogP contribution is -2.22. The van der Waals surface area contributed by atoms with Crippen molar-refractivity contribution in [2.24, 2.45) is 0 Å². The van der Waals surface area contributed by atoms with Gasteiger partial charge >= 0.3 is 0 Å². The first-order valence-electron chi connectivity index (χ1n) is 7.60. The lowest BCUT2D eigenvalue weighted by molar-refractivity contribution is -0.115. The van der Waals surface area contributed by atoms with Crippen LogP contribution < -0.4 is 5.32 Å². The van der Waals surface area contributed by atoms with Crippen LogP contribution in [0.15, 0.2) is 53.4 Å². The molecule has 0 heterocycles. The largest absolute Gasteiger partial charge is 0.325 e. The van der Waals surface area contributed by atoms with Gasteiger partial charge in [0, 0.05) is 10.6 Å². The zero-order valence-corrected chi connectivity index (χ0v) is 14.4. The second kappa shape index (κ2) is 7.50. The van der Waals surface area contributed by atoms with Gasteiger partial charge in [-0.2, -0.15) is 0 Å². The Morgan fingerprint density at radius 1 is 0.955 bits per heavy atom. The van der Waals surface area contributed by atoms with E-state index in [4.69, 9.17) is 0 Å². The average Bonchev–Trinajstić information content (AvgIpc) is 2.50. The molecule has 2 nitrogen and oxygen atoms in total. The van der Waals surface area contributed by atoms with Crippen molar-refractivity contribution in [3.8, 4) is 0 Å². The van der Waals surface area contributed by atoms with Crippen LogP contribution in [-0.2, 0) is 4.79 Å². The molecule has 0 aliphatic carbocycles. The zero-order chi connectivity index (χ0) is 16.1. The van der Waals surface area contributed by atoms with E-state index in [9.17, 15) is 4.79 Å². The summed E-state index contributed by atoms with van der Waals surface area (Å²) >= 11 is 1.58. The second-order valence-electron chi connectivity index (χ2n) is 5.84. The minimum Gasteiger partial charge on any atom is -0.325 e.